The van der Waals surface area contributed by atoms with Gasteiger partial charge < -0.3 is 5.32 Å². The third kappa shape index (κ3) is 7.20. The molecule has 72 heavy (non-hydrogen) atoms. The molecule has 0 saturated heterocycles. The van der Waals surface area contributed by atoms with Gasteiger partial charge >= 0.3 is 0 Å². The van der Waals surface area contributed by atoms with Crippen LogP contribution in [0.15, 0.2) is 254 Å². The highest BCUT2D eigenvalue weighted by atomic mass is 15.0. The van der Waals surface area contributed by atoms with Crippen LogP contribution in [0.5, 0.6) is 0 Å². The minimum Gasteiger partial charge on any atom is -0.366 e. The molecule has 2 aliphatic rings. The third-order valence-corrected chi connectivity index (χ3v) is 15.4. The zero-order valence-corrected chi connectivity index (χ0v) is 41.2. The lowest BCUT2D eigenvalue weighted by Crippen LogP contribution is -2.40. The minimum absolute atomic E-state index is 0.197. The first-order valence-corrected chi connectivity index (χ1v) is 25.3. The summed E-state index contributed by atoms with van der Waals surface area (Å²) in [6, 6.07) is 81.0. The van der Waals surface area contributed by atoms with E-state index >= 15 is 0 Å². The van der Waals surface area contributed by atoms with Crippen molar-refractivity contribution in [1.82, 2.24) is 5.32 Å². The summed E-state index contributed by atoms with van der Waals surface area (Å²) >= 11 is 0. The Labute approximate surface area is 424 Å². The van der Waals surface area contributed by atoms with E-state index in [1.165, 1.54) is 93.9 Å². The van der Waals surface area contributed by atoms with Crippen molar-refractivity contribution < 1.29 is 0 Å². The second-order valence-electron chi connectivity index (χ2n) is 19.7. The van der Waals surface area contributed by atoms with E-state index in [0.29, 0.717) is 13.1 Å². The van der Waals surface area contributed by atoms with Crippen LogP contribution in [0.2, 0.25) is 0 Å². The van der Waals surface area contributed by atoms with Gasteiger partial charge in [0.1, 0.15) is 5.84 Å². The number of rotatable bonds is 10. The molecule has 10 aromatic carbocycles. The molecule has 346 valence electrons. The predicted molar refractivity (Wildman–Crippen MR) is 305 cm³/mol. The van der Waals surface area contributed by atoms with Crippen LogP contribution in [0.1, 0.15) is 76.4 Å². The van der Waals surface area contributed by atoms with Crippen molar-refractivity contribution in [3.63, 3.8) is 0 Å². The maximum absolute atomic E-state index is 5.32. The Morgan fingerprint density at radius 1 is 0.500 bits per heavy atom. The number of nitrogens with zero attached hydrogens (tertiary/aromatic N) is 1. The number of allylic oxidation sites excluding steroid dienone is 5. The maximum atomic E-state index is 5.32. The Bertz CT molecular complexity index is 3710. The normalized spacial score (nSPS) is 14.3. The van der Waals surface area contributed by atoms with E-state index in [9.17, 15) is 0 Å². The molecular weight excluding hydrogens is 869 g/mol. The van der Waals surface area contributed by atoms with E-state index < -0.39 is 5.41 Å². The molecule has 2 heteroatoms. The molecule has 0 unspecified atom stereocenters. The van der Waals surface area contributed by atoms with Crippen LogP contribution in [0.25, 0.3) is 60.5 Å². The molecule has 0 fully saturated rings. The molecular formula is C70H56N2. The summed E-state index contributed by atoms with van der Waals surface area (Å²) in [5.41, 5.74) is 20.5. The van der Waals surface area contributed by atoms with Crippen LogP contribution in [-0.4, -0.2) is 5.84 Å². The quantitative estimate of drug-likeness (QED) is 0.0628. The maximum Gasteiger partial charge on any atom is 0.128 e. The number of fused-ring (bicyclic) bond motifs is 11. The molecule has 0 aromatic heterocycles. The van der Waals surface area contributed by atoms with Gasteiger partial charge in [0.2, 0.25) is 0 Å². The number of hydrogen-bond donors (Lipinski definition) is 1. The van der Waals surface area contributed by atoms with Crippen LogP contribution in [0.3, 0.4) is 0 Å². The smallest absolute Gasteiger partial charge is 0.128 e. The van der Waals surface area contributed by atoms with Crippen molar-refractivity contribution in [3.8, 4) is 33.4 Å². The fourth-order valence-electron chi connectivity index (χ4n) is 12.2. The Kier molecular flexibility index (Phi) is 11.3. The van der Waals surface area contributed by atoms with Crippen LogP contribution in [-0.2, 0) is 23.9 Å². The Morgan fingerprint density at radius 3 is 1.64 bits per heavy atom. The Hall–Kier alpha value is -8.59. The second kappa shape index (κ2) is 18.3. The second-order valence-corrected chi connectivity index (χ2v) is 19.7. The van der Waals surface area contributed by atoms with Gasteiger partial charge in [-0.25, -0.2) is 0 Å². The topological polar surface area (TPSA) is 24.4 Å². The van der Waals surface area contributed by atoms with Crippen molar-refractivity contribution in [1.29, 1.82) is 0 Å². The van der Waals surface area contributed by atoms with Gasteiger partial charge in [-0.2, -0.15) is 0 Å². The van der Waals surface area contributed by atoms with E-state index in [0.717, 1.165) is 28.1 Å². The summed E-state index contributed by atoms with van der Waals surface area (Å²) in [5.74, 6) is 0.866. The van der Waals surface area contributed by atoms with Gasteiger partial charge in [0, 0.05) is 17.5 Å². The summed E-state index contributed by atoms with van der Waals surface area (Å²) in [4.78, 5) is 5.32. The number of hydrogen-bond acceptors (Lipinski definition) is 1. The van der Waals surface area contributed by atoms with Crippen molar-refractivity contribution in [2.75, 3.05) is 0 Å². The van der Waals surface area contributed by atoms with Gasteiger partial charge in [-0.1, -0.05) is 257 Å². The first kappa shape index (κ1) is 44.6. The monoisotopic (exact) mass is 924 g/mol. The summed E-state index contributed by atoms with van der Waals surface area (Å²) < 4.78 is 0. The minimum atomic E-state index is -0.542. The number of aliphatic imine (C=N–C) groups is 1. The van der Waals surface area contributed by atoms with Gasteiger partial charge in [-0.05, 0) is 124 Å². The van der Waals surface area contributed by atoms with Crippen LogP contribution < -0.4 is 5.32 Å². The number of nitrogens with one attached hydrogen (secondary N) is 1. The zero-order chi connectivity index (χ0) is 48.8. The molecule has 0 bridgehead atoms. The lowest BCUT2D eigenvalue weighted by Gasteiger charge is -2.46. The fraction of sp³-hybridized carbons (Fsp3) is 0.100. The molecule has 10 aromatic rings. The highest BCUT2D eigenvalue weighted by Crippen LogP contribution is 2.63. The van der Waals surface area contributed by atoms with Crippen LogP contribution in [0.4, 0.5) is 0 Å². The molecule has 0 amide bonds. The average Bonchev–Trinajstić information content (AvgIpc) is 3.73. The molecule has 0 radical (unpaired) electrons. The van der Waals surface area contributed by atoms with Crippen molar-refractivity contribution in [3.05, 3.63) is 305 Å². The molecule has 0 aliphatic heterocycles. The highest BCUT2D eigenvalue weighted by molar-refractivity contribution is 6.21. The predicted octanol–water partition coefficient (Wildman–Crippen LogP) is 17.2. The van der Waals surface area contributed by atoms with Crippen molar-refractivity contribution >= 4 is 33.0 Å². The SMILES string of the molecule is C=C/C(=C\C=C/C)c1ccc(CN=C(NCc2cccc3c2-c2cc(-c4c5ccccc5c(-c5ccccc5)c5ccccc45)ccc2C32c3ccccc3C(C)(C)c3ccccc32)c2ccccc2)cc1. The van der Waals surface area contributed by atoms with Gasteiger partial charge in [-0.3, -0.25) is 4.99 Å². The summed E-state index contributed by atoms with van der Waals surface area (Å²) in [7, 11) is 0. The average molecular weight is 925 g/mol. The van der Waals surface area contributed by atoms with Gasteiger partial charge in [0.05, 0.1) is 12.0 Å². The van der Waals surface area contributed by atoms with Crippen molar-refractivity contribution in [2.45, 2.75) is 44.7 Å². The molecule has 1 N–H and O–H groups in total. The molecule has 2 aliphatic carbocycles. The largest absolute Gasteiger partial charge is 0.366 e. The van der Waals surface area contributed by atoms with Crippen molar-refractivity contribution in [2.24, 2.45) is 4.99 Å². The number of benzene rings is 10. The molecule has 0 atom stereocenters. The Balaban J connectivity index is 1.05. The molecule has 0 heterocycles. The zero-order valence-electron chi connectivity index (χ0n) is 41.2. The molecule has 0 saturated carbocycles. The molecule has 12 rings (SSSR count). The van der Waals surface area contributed by atoms with E-state index in [-0.39, 0.29) is 5.41 Å². The fourth-order valence-corrected chi connectivity index (χ4v) is 12.2. The Morgan fingerprint density at radius 2 is 1.04 bits per heavy atom. The molecule has 1 spiro atoms. The summed E-state index contributed by atoms with van der Waals surface area (Å²) in [6.45, 7) is 12.0. The molecule has 2 nitrogen and oxygen atoms in total. The van der Waals surface area contributed by atoms with Gasteiger partial charge in [0.25, 0.3) is 0 Å². The van der Waals surface area contributed by atoms with E-state index in [4.69, 9.17) is 4.99 Å². The van der Waals surface area contributed by atoms with Gasteiger partial charge in [0.15, 0.2) is 0 Å². The third-order valence-electron chi connectivity index (χ3n) is 15.4. The number of amidine groups is 1. The van der Waals surface area contributed by atoms with Crippen LogP contribution >= 0.6 is 0 Å². The standard InChI is InChI=1S/C70H56N2/c1-5-7-23-48(6-2)49-40-38-47(39-41-49)45-71-68(51-26-12-9-13-27-51)72-46-53-28-22-37-64-67(53)58-44-52(42-43-59(58)70(64)62-35-20-18-33-60(62)69(3,4)61-34-19-21-36-63(61)70)66-56-31-16-14-29-54(56)65(50-24-10-8-11-25-50)55-30-15-17-32-57(55)66/h5-44H,2,45-46H2,1,3-4H3,(H,71,72)/b7-5-,48-23+. The van der Waals surface area contributed by atoms with Crippen LogP contribution in [0, 0.1) is 0 Å². The lowest BCUT2D eigenvalue weighted by atomic mass is 9.55. The highest BCUT2D eigenvalue weighted by Gasteiger charge is 2.53. The van der Waals surface area contributed by atoms with E-state index in [2.05, 4.69) is 256 Å². The van der Waals surface area contributed by atoms with Gasteiger partial charge in [-0.15, -0.1) is 0 Å². The first-order chi connectivity index (χ1) is 35.4. The summed E-state index contributed by atoms with van der Waals surface area (Å²) in [6.07, 6.45) is 8.09. The van der Waals surface area contributed by atoms with E-state index in [1.807, 2.05) is 19.1 Å². The lowest BCUT2D eigenvalue weighted by molar-refractivity contribution is 0.563. The van der Waals surface area contributed by atoms with E-state index in [1.54, 1.807) is 0 Å². The first-order valence-electron chi connectivity index (χ1n) is 25.3. The summed E-state index contributed by atoms with van der Waals surface area (Å²) in [5, 5.41) is 8.93.